The van der Waals surface area contributed by atoms with E-state index in [-0.39, 0.29) is 12.0 Å². The normalized spacial score (nSPS) is 16.0. The van der Waals surface area contributed by atoms with Crippen LogP contribution < -0.4 is 14.5 Å². The average molecular weight is 645 g/mol. The van der Waals surface area contributed by atoms with Gasteiger partial charge in [0.15, 0.2) is 0 Å². The largest absolute Gasteiger partial charge is 0.472 e. The van der Waals surface area contributed by atoms with E-state index in [1.807, 2.05) is 31.9 Å². The first-order valence-corrected chi connectivity index (χ1v) is 19.9. The molecule has 0 aliphatic carbocycles. The highest BCUT2D eigenvalue weighted by Gasteiger charge is 2.32. The van der Waals surface area contributed by atoms with E-state index in [1.165, 1.54) is 6.08 Å². The number of likely N-dealkylation sites (N-methyl/N-ethyl adjacent to an activating group) is 1. The lowest BCUT2D eigenvalue weighted by Gasteiger charge is -2.39. The zero-order valence-corrected chi connectivity index (χ0v) is 29.3. The lowest BCUT2D eigenvalue weighted by molar-refractivity contribution is -0.126. The minimum atomic E-state index is -1.16. The predicted molar refractivity (Wildman–Crippen MR) is 185 cm³/mol. The second-order valence-corrected chi connectivity index (χ2v) is 19.4. The molecule has 1 aromatic carbocycles. The van der Waals surface area contributed by atoms with E-state index in [0.29, 0.717) is 57.4 Å². The van der Waals surface area contributed by atoms with Crippen LogP contribution in [0.25, 0.3) is 10.9 Å². The first-order chi connectivity index (χ1) is 22.0. The van der Waals surface area contributed by atoms with Crippen LogP contribution in [0.3, 0.4) is 0 Å². The monoisotopic (exact) mass is 644 g/mol. The number of ether oxygens (including phenoxy) is 2. The molecule has 1 amide bonds. The summed E-state index contributed by atoms with van der Waals surface area (Å²) in [5.41, 5.74) is 5.51. The standard InChI is InChI=1S/C34H48N8O3Si/c1-8-32(43)39-14-16-40(17-15-39)33-26-12-13-41(23-29(26)37-34(27(33)20-35)45-25(2)22-38(3)4)30-10-9-11-31-28(30)21-36-42(31)24-44-18-19-46(5,6)7/h8-11,21,25H,1,12-19,22-24H2,2-7H3. The van der Waals surface area contributed by atoms with Gasteiger partial charge >= 0.3 is 0 Å². The molecule has 1 fully saturated rings. The van der Waals surface area contributed by atoms with Crippen LogP contribution in [0.1, 0.15) is 23.7 Å². The zero-order valence-electron chi connectivity index (χ0n) is 28.3. The number of nitrogens with zero attached hydrogens (tertiary/aromatic N) is 8. The quantitative estimate of drug-likeness (QED) is 0.162. The molecule has 2 aromatic heterocycles. The Morgan fingerprint density at radius 1 is 1.17 bits per heavy atom. The number of piperazine rings is 1. The van der Waals surface area contributed by atoms with E-state index in [1.54, 1.807) is 4.90 Å². The predicted octanol–water partition coefficient (Wildman–Crippen LogP) is 4.34. The summed E-state index contributed by atoms with van der Waals surface area (Å²) in [6, 6.07) is 9.87. The number of rotatable bonds is 12. The third-order valence-corrected chi connectivity index (χ3v) is 10.3. The molecule has 0 spiro atoms. The number of pyridine rings is 1. The molecule has 1 unspecified atom stereocenters. The molecule has 4 heterocycles. The fourth-order valence-corrected chi connectivity index (χ4v) is 7.05. The SMILES string of the molecule is C=CC(=O)N1CCN(c2c(C#N)c(OC(C)CN(C)C)nc3c2CCN(c2cccc4c2cnn4COCC[Si](C)(C)C)C3)CC1. The zero-order chi connectivity index (χ0) is 33.0. The van der Waals surface area contributed by atoms with Crippen LogP contribution in [0.4, 0.5) is 11.4 Å². The molecular weight excluding hydrogens is 597 g/mol. The van der Waals surface area contributed by atoms with Gasteiger partial charge in [-0.05, 0) is 51.7 Å². The molecule has 46 heavy (non-hydrogen) atoms. The van der Waals surface area contributed by atoms with Crippen molar-refractivity contribution in [2.75, 3.05) is 69.8 Å². The summed E-state index contributed by atoms with van der Waals surface area (Å²) in [4.78, 5) is 25.8. The summed E-state index contributed by atoms with van der Waals surface area (Å²) in [5, 5.41) is 16.2. The van der Waals surface area contributed by atoms with Crippen molar-refractivity contribution in [3.8, 4) is 11.9 Å². The van der Waals surface area contributed by atoms with Gasteiger partial charge in [-0.3, -0.25) is 4.79 Å². The van der Waals surface area contributed by atoms with Crippen LogP contribution in [-0.2, 0) is 29.2 Å². The smallest absolute Gasteiger partial charge is 0.246 e. The molecular formula is C34H48N8O3Si. The summed E-state index contributed by atoms with van der Waals surface area (Å²) < 4.78 is 14.3. The Hall–Kier alpha value is -3.92. The summed E-state index contributed by atoms with van der Waals surface area (Å²) in [7, 11) is 2.84. The van der Waals surface area contributed by atoms with Gasteiger partial charge in [-0.25, -0.2) is 9.67 Å². The summed E-state index contributed by atoms with van der Waals surface area (Å²) in [6.07, 6.45) is 3.87. The fourth-order valence-electron chi connectivity index (χ4n) is 6.29. The van der Waals surface area contributed by atoms with Gasteiger partial charge in [0, 0.05) is 70.6 Å². The Kier molecular flexibility index (Phi) is 10.3. The second-order valence-electron chi connectivity index (χ2n) is 13.8. The van der Waals surface area contributed by atoms with Crippen molar-refractivity contribution in [2.24, 2.45) is 0 Å². The van der Waals surface area contributed by atoms with Gasteiger partial charge in [0.05, 0.1) is 29.6 Å². The number of fused-ring (bicyclic) bond motifs is 2. The first-order valence-electron chi connectivity index (χ1n) is 16.2. The van der Waals surface area contributed by atoms with Crippen LogP contribution in [0.2, 0.25) is 25.7 Å². The minimum Gasteiger partial charge on any atom is -0.472 e. The molecule has 0 saturated carbocycles. The van der Waals surface area contributed by atoms with Gasteiger partial charge in [-0.2, -0.15) is 10.4 Å². The molecule has 2 aliphatic rings. The summed E-state index contributed by atoms with van der Waals surface area (Å²) >= 11 is 0. The molecule has 246 valence electrons. The van der Waals surface area contributed by atoms with Crippen molar-refractivity contribution in [2.45, 2.75) is 58.4 Å². The fraction of sp³-hybridized carbons (Fsp3) is 0.529. The van der Waals surface area contributed by atoms with Gasteiger partial charge in [0.2, 0.25) is 11.8 Å². The van der Waals surface area contributed by atoms with Gasteiger partial charge in [0.1, 0.15) is 24.5 Å². The van der Waals surface area contributed by atoms with Gasteiger partial charge < -0.3 is 29.1 Å². The Labute approximate surface area is 274 Å². The Balaban J connectivity index is 1.45. The molecule has 1 atom stereocenters. The van der Waals surface area contributed by atoms with E-state index in [9.17, 15) is 10.1 Å². The number of nitriles is 1. The van der Waals surface area contributed by atoms with E-state index < -0.39 is 8.07 Å². The van der Waals surface area contributed by atoms with Crippen LogP contribution in [0, 0.1) is 11.3 Å². The second kappa shape index (κ2) is 14.2. The van der Waals surface area contributed by atoms with Crippen molar-refractivity contribution < 1.29 is 14.3 Å². The van der Waals surface area contributed by atoms with Crippen LogP contribution >= 0.6 is 0 Å². The lowest BCUT2D eigenvalue weighted by Crippen LogP contribution is -2.49. The summed E-state index contributed by atoms with van der Waals surface area (Å²) in [6.45, 7) is 18.3. The number of amides is 1. The molecule has 0 N–H and O–H groups in total. The third kappa shape index (κ3) is 7.54. The molecule has 11 nitrogen and oxygen atoms in total. The Morgan fingerprint density at radius 3 is 2.61 bits per heavy atom. The highest BCUT2D eigenvalue weighted by atomic mass is 28.3. The van der Waals surface area contributed by atoms with Gasteiger partial charge in [-0.1, -0.05) is 32.3 Å². The van der Waals surface area contributed by atoms with E-state index >= 15 is 0 Å². The molecule has 5 rings (SSSR count). The maximum atomic E-state index is 12.3. The van der Waals surface area contributed by atoms with Crippen LogP contribution in [0.5, 0.6) is 5.88 Å². The lowest BCUT2D eigenvalue weighted by atomic mass is 9.97. The van der Waals surface area contributed by atoms with Crippen molar-refractivity contribution in [3.63, 3.8) is 0 Å². The maximum Gasteiger partial charge on any atom is 0.246 e. The highest BCUT2D eigenvalue weighted by Crippen LogP contribution is 2.39. The molecule has 0 radical (unpaired) electrons. The molecule has 3 aromatic rings. The maximum absolute atomic E-state index is 12.3. The van der Waals surface area contributed by atoms with Crippen LogP contribution in [0.15, 0.2) is 37.1 Å². The van der Waals surface area contributed by atoms with Crippen molar-refractivity contribution in [1.82, 2.24) is 24.6 Å². The van der Waals surface area contributed by atoms with Crippen molar-refractivity contribution >= 4 is 36.3 Å². The molecule has 2 aliphatic heterocycles. The number of anilines is 2. The first kappa shape index (κ1) is 33.4. The molecule has 0 bridgehead atoms. The number of carbonyl (C=O) groups is 1. The highest BCUT2D eigenvalue weighted by molar-refractivity contribution is 6.76. The van der Waals surface area contributed by atoms with E-state index in [0.717, 1.165) is 59.2 Å². The number of benzene rings is 1. The third-order valence-electron chi connectivity index (χ3n) is 8.64. The van der Waals surface area contributed by atoms with Crippen molar-refractivity contribution in [1.29, 1.82) is 5.26 Å². The van der Waals surface area contributed by atoms with E-state index in [2.05, 4.69) is 70.3 Å². The number of carbonyl (C=O) groups excluding carboxylic acids is 1. The van der Waals surface area contributed by atoms with Crippen molar-refractivity contribution in [3.05, 3.63) is 53.9 Å². The Morgan fingerprint density at radius 2 is 1.93 bits per heavy atom. The summed E-state index contributed by atoms with van der Waals surface area (Å²) in [5.74, 6) is 0.309. The van der Waals surface area contributed by atoms with E-state index in [4.69, 9.17) is 14.5 Å². The van der Waals surface area contributed by atoms with Gasteiger partial charge in [0.25, 0.3) is 0 Å². The average Bonchev–Trinajstić information content (AvgIpc) is 3.44. The Bertz CT molecular complexity index is 1600. The van der Waals surface area contributed by atoms with Crippen LogP contribution in [-0.4, -0.2) is 105 Å². The number of hydrogen-bond donors (Lipinski definition) is 0. The molecule has 12 heteroatoms. The molecule has 1 saturated heterocycles. The number of aromatic nitrogens is 3. The van der Waals surface area contributed by atoms with Gasteiger partial charge in [-0.15, -0.1) is 0 Å². The number of hydrogen-bond acceptors (Lipinski definition) is 9. The minimum absolute atomic E-state index is 0.0651. The topological polar surface area (TPSA) is 103 Å².